The molecule has 0 fully saturated rings. The first-order chi connectivity index (χ1) is 8.61. The van der Waals surface area contributed by atoms with Gasteiger partial charge in [0.25, 0.3) is 0 Å². The van der Waals surface area contributed by atoms with Crippen LogP contribution < -0.4 is 4.74 Å². The lowest BCUT2D eigenvalue weighted by atomic mass is 10.0. The zero-order chi connectivity index (χ0) is 13.1. The second-order valence-corrected chi connectivity index (χ2v) is 4.48. The summed E-state index contributed by atoms with van der Waals surface area (Å²) < 4.78 is 18.9. The van der Waals surface area contributed by atoms with Crippen molar-refractivity contribution < 1.29 is 13.9 Å². The van der Waals surface area contributed by atoms with Gasteiger partial charge in [-0.2, -0.15) is 0 Å². The minimum Gasteiger partial charge on any atom is -0.496 e. The molecule has 18 heavy (non-hydrogen) atoms. The molecule has 0 radical (unpaired) electrons. The van der Waals surface area contributed by atoms with Crippen molar-refractivity contribution in [2.24, 2.45) is 0 Å². The number of carbonyl (C=O) groups excluding carboxylic acids is 1. The van der Waals surface area contributed by atoms with Crippen LogP contribution >= 0.6 is 15.9 Å². The van der Waals surface area contributed by atoms with Gasteiger partial charge in [0.2, 0.25) is 0 Å². The third-order valence-electron chi connectivity index (χ3n) is 2.37. The molecule has 0 amide bonds. The maximum atomic E-state index is 13.2. The SMILES string of the molecule is COc1ccc(F)cc1C(=O)c1cncc(Br)c1. The number of ether oxygens (including phenoxy) is 1. The molecule has 1 aromatic heterocycles. The number of nitrogens with zero attached hydrogens (tertiary/aromatic N) is 1. The quantitative estimate of drug-likeness (QED) is 0.817. The Morgan fingerprint density at radius 2 is 2.11 bits per heavy atom. The first-order valence-electron chi connectivity index (χ1n) is 5.10. The summed E-state index contributed by atoms with van der Waals surface area (Å²) in [6, 6.07) is 5.45. The monoisotopic (exact) mass is 309 g/mol. The highest BCUT2D eigenvalue weighted by molar-refractivity contribution is 9.10. The lowest BCUT2D eigenvalue weighted by Crippen LogP contribution is -2.05. The standard InChI is InChI=1S/C13H9BrFNO2/c1-18-12-3-2-10(15)5-11(12)13(17)8-4-9(14)7-16-6-8/h2-7H,1H3. The van der Waals surface area contributed by atoms with Crippen molar-refractivity contribution >= 4 is 21.7 Å². The maximum absolute atomic E-state index is 13.2. The second kappa shape index (κ2) is 5.27. The molecular weight excluding hydrogens is 301 g/mol. The van der Waals surface area contributed by atoms with Gasteiger partial charge in [-0.3, -0.25) is 9.78 Å². The van der Waals surface area contributed by atoms with Crippen LogP contribution in [-0.4, -0.2) is 17.9 Å². The van der Waals surface area contributed by atoms with Crippen LogP contribution in [0.25, 0.3) is 0 Å². The first kappa shape index (κ1) is 12.7. The van der Waals surface area contributed by atoms with Crippen LogP contribution in [0.2, 0.25) is 0 Å². The van der Waals surface area contributed by atoms with E-state index in [0.29, 0.717) is 15.8 Å². The molecule has 0 saturated carbocycles. The van der Waals surface area contributed by atoms with Crippen molar-refractivity contribution in [2.75, 3.05) is 7.11 Å². The Bertz CT molecular complexity index is 601. The molecule has 2 rings (SSSR count). The Kier molecular flexibility index (Phi) is 3.72. The molecule has 0 bridgehead atoms. The van der Waals surface area contributed by atoms with Crippen molar-refractivity contribution in [2.45, 2.75) is 0 Å². The highest BCUT2D eigenvalue weighted by Crippen LogP contribution is 2.23. The normalized spacial score (nSPS) is 10.2. The molecule has 3 nitrogen and oxygen atoms in total. The minimum absolute atomic E-state index is 0.178. The fourth-order valence-corrected chi connectivity index (χ4v) is 1.91. The zero-order valence-corrected chi connectivity index (χ0v) is 11.1. The molecule has 0 aliphatic heterocycles. The highest BCUT2D eigenvalue weighted by Gasteiger charge is 2.16. The lowest BCUT2D eigenvalue weighted by molar-refractivity contribution is 0.103. The summed E-state index contributed by atoms with van der Waals surface area (Å²) in [6.45, 7) is 0. The summed E-state index contributed by atoms with van der Waals surface area (Å²) >= 11 is 3.23. The first-order valence-corrected chi connectivity index (χ1v) is 5.90. The van der Waals surface area contributed by atoms with Crippen molar-refractivity contribution in [1.82, 2.24) is 4.98 Å². The molecule has 0 aliphatic rings. The van der Waals surface area contributed by atoms with Crippen LogP contribution in [-0.2, 0) is 0 Å². The predicted molar refractivity (Wildman–Crippen MR) is 68.3 cm³/mol. The van der Waals surface area contributed by atoms with Gasteiger partial charge in [-0.25, -0.2) is 4.39 Å². The predicted octanol–water partition coefficient (Wildman–Crippen LogP) is 3.22. The average molecular weight is 310 g/mol. The van der Waals surface area contributed by atoms with Gasteiger partial charge in [-0.15, -0.1) is 0 Å². The fourth-order valence-electron chi connectivity index (χ4n) is 1.55. The smallest absolute Gasteiger partial charge is 0.198 e. The Hall–Kier alpha value is -1.75. The lowest BCUT2D eigenvalue weighted by Gasteiger charge is -2.07. The maximum Gasteiger partial charge on any atom is 0.198 e. The molecule has 0 unspecified atom stereocenters. The van der Waals surface area contributed by atoms with Gasteiger partial charge in [-0.05, 0) is 40.2 Å². The molecule has 0 aliphatic carbocycles. The van der Waals surface area contributed by atoms with Crippen molar-refractivity contribution in [3.63, 3.8) is 0 Å². The number of aromatic nitrogens is 1. The van der Waals surface area contributed by atoms with E-state index >= 15 is 0 Å². The van der Waals surface area contributed by atoms with E-state index in [4.69, 9.17) is 4.74 Å². The van der Waals surface area contributed by atoms with E-state index < -0.39 is 5.82 Å². The number of ketones is 1. The van der Waals surface area contributed by atoms with Gasteiger partial charge >= 0.3 is 0 Å². The number of benzene rings is 1. The minimum atomic E-state index is -0.484. The van der Waals surface area contributed by atoms with Crippen molar-refractivity contribution in [3.05, 3.63) is 58.1 Å². The van der Waals surface area contributed by atoms with Crippen molar-refractivity contribution in [1.29, 1.82) is 0 Å². The number of pyridine rings is 1. The van der Waals surface area contributed by atoms with E-state index in [9.17, 15) is 9.18 Å². The van der Waals surface area contributed by atoms with Crippen LogP contribution in [0.1, 0.15) is 15.9 Å². The molecule has 5 heteroatoms. The number of halogens is 2. The van der Waals surface area contributed by atoms with E-state index in [0.717, 1.165) is 6.07 Å². The summed E-state index contributed by atoms with van der Waals surface area (Å²) in [5.74, 6) is -0.483. The third-order valence-corrected chi connectivity index (χ3v) is 2.81. The molecule has 1 aromatic carbocycles. The van der Waals surface area contributed by atoms with Crippen LogP contribution in [0.15, 0.2) is 41.1 Å². The summed E-state index contributed by atoms with van der Waals surface area (Å²) in [4.78, 5) is 16.1. The van der Waals surface area contributed by atoms with E-state index in [1.165, 1.54) is 25.4 Å². The molecular formula is C13H9BrFNO2. The Morgan fingerprint density at radius 1 is 1.33 bits per heavy atom. The van der Waals surface area contributed by atoms with Crippen LogP contribution in [0.3, 0.4) is 0 Å². The molecule has 92 valence electrons. The van der Waals surface area contributed by atoms with Crippen LogP contribution in [0.4, 0.5) is 4.39 Å². The highest BCUT2D eigenvalue weighted by atomic mass is 79.9. The molecule has 0 spiro atoms. The molecule has 1 heterocycles. The van der Waals surface area contributed by atoms with Gasteiger partial charge in [-0.1, -0.05) is 0 Å². The topological polar surface area (TPSA) is 39.2 Å². The second-order valence-electron chi connectivity index (χ2n) is 3.57. The number of hydrogen-bond acceptors (Lipinski definition) is 3. The molecule has 2 aromatic rings. The van der Waals surface area contributed by atoms with Gasteiger partial charge in [0.1, 0.15) is 11.6 Å². The van der Waals surface area contributed by atoms with E-state index in [1.807, 2.05) is 0 Å². The number of methoxy groups -OCH3 is 1. The Balaban J connectivity index is 2.48. The molecule has 0 N–H and O–H groups in total. The Labute approximate surface area is 112 Å². The number of rotatable bonds is 3. The number of carbonyl (C=O) groups is 1. The van der Waals surface area contributed by atoms with Gasteiger partial charge < -0.3 is 4.74 Å². The van der Waals surface area contributed by atoms with Crippen LogP contribution in [0, 0.1) is 5.82 Å². The average Bonchev–Trinajstić information content (AvgIpc) is 2.38. The van der Waals surface area contributed by atoms with Gasteiger partial charge in [0.15, 0.2) is 5.78 Å². The number of hydrogen-bond donors (Lipinski definition) is 0. The van der Waals surface area contributed by atoms with Gasteiger partial charge in [0, 0.05) is 22.4 Å². The fraction of sp³-hybridized carbons (Fsp3) is 0.0769. The van der Waals surface area contributed by atoms with E-state index in [2.05, 4.69) is 20.9 Å². The largest absolute Gasteiger partial charge is 0.496 e. The van der Waals surface area contributed by atoms with Gasteiger partial charge in [0.05, 0.1) is 12.7 Å². The van der Waals surface area contributed by atoms with Crippen LogP contribution in [0.5, 0.6) is 5.75 Å². The van der Waals surface area contributed by atoms with E-state index in [1.54, 1.807) is 12.3 Å². The molecule has 0 saturated heterocycles. The van der Waals surface area contributed by atoms with E-state index in [-0.39, 0.29) is 11.3 Å². The Morgan fingerprint density at radius 3 is 2.78 bits per heavy atom. The van der Waals surface area contributed by atoms with Crippen molar-refractivity contribution in [3.8, 4) is 5.75 Å². The summed E-state index contributed by atoms with van der Waals surface area (Å²) in [5, 5.41) is 0. The third kappa shape index (κ3) is 2.56. The summed E-state index contributed by atoms with van der Waals surface area (Å²) in [5.41, 5.74) is 0.547. The summed E-state index contributed by atoms with van der Waals surface area (Å²) in [6.07, 6.45) is 3.00. The zero-order valence-electron chi connectivity index (χ0n) is 9.48. The molecule has 0 atom stereocenters. The summed E-state index contributed by atoms with van der Waals surface area (Å²) in [7, 11) is 1.43.